The molecule has 1 saturated carbocycles. The number of methoxy groups -OCH3 is 1. The van der Waals surface area contributed by atoms with Crippen LogP contribution in [0.15, 0.2) is 18.2 Å². The number of nitrogens with one attached hydrogen (secondary N) is 2. The number of hydrogen-bond donors (Lipinski definition) is 3. The molecular weight excluding hydrogens is 420 g/mol. The SMILES string of the molecule is COCC1(N(C)C(=O)c2[nH]nc3c2CN(C(O)c2cc4c(F)c(F)ccc4[nH]2)CC3)CC1. The molecule has 1 fully saturated rings. The summed E-state index contributed by atoms with van der Waals surface area (Å²) in [5, 5.41) is 18.2. The molecule has 0 spiro atoms. The predicted octanol–water partition coefficient (Wildman–Crippen LogP) is 2.47. The average Bonchev–Trinajstić information content (AvgIpc) is 3.26. The molecule has 5 rings (SSSR count). The molecule has 0 saturated heterocycles. The Morgan fingerprint density at radius 2 is 2.19 bits per heavy atom. The fourth-order valence-corrected chi connectivity index (χ4v) is 4.57. The summed E-state index contributed by atoms with van der Waals surface area (Å²) in [6, 6.07) is 3.91. The molecule has 3 heterocycles. The van der Waals surface area contributed by atoms with Gasteiger partial charge in [-0.2, -0.15) is 5.10 Å². The van der Waals surface area contributed by atoms with Gasteiger partial charge in [-0.1, -0.05) is 0 Å². The summed E-state index contributed by atoms with van der Waals surface area (Å²) < 4.78 is 32.9. The van der Waals surface area contributed by atoms with E-state index in [2.05, 4.69) is 15.2 Å². The second-order valence-electron chi connectivity index (χ2n) is 8.69. The van der Waals surface area contributed by atoms with Crippen LogP contribution in [-0.2, 0) is 17.7 Å². The van der Waals surface area contributed by atoms with E-state index in [0.717, 1.165) is 30.2 Å². The Bertz CT molecular complexity index is 1190. The van der Waals surface area contributed by atoms with Crippen molar-refractivity contribution in [1.29, 1.82) is 0 Å². The van der Waals surface area contributed by atoms with E-state index in [-0.39, 0.29) is 16.8 Å². The number of aromatic nitrogens is 3. The van der Waals surface area contributed by atoms with Crippen molar-refractivity contribution in [1.82, 2.24) is 25.0 Å². The first-order valence-corrected chi connectivity index (χ1v) is 10.6. The van der Waals surface area contributed by atoms with Crippen LogP contribution in [0.2, 0.25) is 0 Å². The zero-order valence-electron chi connectivity index (χ0n) is 17.9. The van der Waals surface area contributed by atoms with Crippen LogP contribution in [0.5, 0.6) is 0 Å². The van der Waals surface area contributed by atoms with E-state index in [1.165, 1.54) is 12.1 Å². The van der Waals surface area contributed by atoms with E-state index in [1.807, 2.05) is 0 Å². The summed E-state index contributed by atoms with van der Waals surface area (Å²) in [5.74, 6) is -2.05. The fourth-order valence-electron chi connectivity index (χ4n) is 4.57. The van der Waals surface area contributed by atoms with Gasteiger partial charge in [0.25, 0.3) is 5.91 Å². The lowest BCUT2D eigenvalue weighted by atomic mass is 10.0. The molecule has 1 unspecified atom stereocenters. The summed E-state index contributed by atoms with van der Waals surface area (Å²) in [4.78, 5) is 19.7. The van der Waals surface area contributed by atoms with Gasteiger partial charge in [0.15, 0.2) is 11.6 Å². The molecule has 1 aliphatic heterocycles. The highest BCUT2D eigenvalue weighted by atomic mass is 19.2. The standard InChI is InChI=1S/C22H25F2N5O3/c1-28(22(6-7-22)11-32-2)21(31)19-13-10-29(8-5-16(13)26-27-19)20(30)17-9-12-15(25-17)4-3-14(23)18(12)24/h3-4,9,20,25,30H,5-8,10-11H2,1-2H3,(H,26,27). The quantitative estimate of drug-likeness (QED) is 0.542. The van der Waals surface area contributed by atoms with Gasteiger partial charge in [0.2, 0.25) is 0 Å². The highest BCUT2D eigenvalue weighted by Gasteiger charge is 2.49. The number of hydrogen-bond acceptors (Lipinski definition) is 5. The van der Waals surface area contributed by atoms with Crippen LogP contribution in [0.1, 0.15) is 46.5 Å². The number of carbonyl (C=O) groups excluding carboxylic acids is 1. The summed E-state index contributed by atoms with van der Waals surface area (Å²) in [5.41, 5.74) is 2.44. The van der Waals surface area contributed by atoms with E-state index in [1.54, 1.807) is 24.0 Å². The molecule has 2 aliphatic rings. The topological polar surface area (TPSA) is 97.5 Å². The maximum atomic E-state index is 14.1. The zero-order chi connectivity index (χ0) is 22.6. The highest BCUT2D eigenvalue weighted by molar-refractivity contribution is 5.94. The number of H-pyrrole nitrogens is 2. The number of amides is 1. The van der Waals surface area contributed by atoms with Crippen molar-refractivity contribution in [2.45, 2.75) is 37.6 Å². The van der Waals surface area contributed by atoms with E-state index in [0.29, 0.717) is 43.0 Å². The molecule has 1 atom stereocenters. The predicted molar refractivity (Wildman–Crippen MR) is 112 cm³/mol. The Kier molecular flexibility index (Phi) is 5.03. The molecule has 0 radical (unpaired) electrons. The highest BCUT2D eigenvalue weighted by Crippen LogP contribution is 2.42. The fraction of sp³-hybridized carbons (Fsp3) is 0.455. The first kappa shape index (κ1) is 21.0. The summed E-state index contributed by atoms with van der Waals surface area (Å²) >= 11 is 0. The molecule has 8 nitrogen and oxygen atoms in total. The molecule has 1 aliphatic carbocycles. The van der Waals surface area contributed by atoms with Crippen molar-refractivity contribution in [2.24, 2.45) is 0 Å². The molecule has 3 N–H and O–H groups in total. The first-order valence-electron chi connectivity index (χ1n) is 10.6. The third kappa shape index (κ3) is 3.30. The van der Waals surface area contributed by atoms with Gasteiger partial charge >= 0.3 is 0 Å². The number of carbonyl (C=O) groups is 1. The van der Waals surface area contributed by atoms with E-state index < -0.39 is 17.9 Å². The monoisotopic (exact) mass is 445 g/mol. The molecular formula is C22H25F2N5O3. The van der Waals surface area contributed by atoms with Gasteiger partial charge in [0, 0.05) is 50.1 Å². The Morgan fingerprint density at radius 3 is 2.91 bits per heavy atom. The van der Waals surface area contributed by atoms with E-state index in [4.69, 9.17) is 4.74 Å². The lowest BCUT2D eigenvalue weighted by molar-refractivity contribution is -0.0108. The van der Waals surface area contributed by atoms with Crippen LogP contribution in [-0.4, -0.2) is 68.8 Å². The third-order valence-electron chi connectivity index (χ3n) is 6.76. The van der Waals surface area contributed by atoms with Gasteiger partial charge in [0.1, 0.15) is 11.9 Å². The van der Waals surface area contributed by atoms with Crippen molar-refractivity contribution < 1.29 is 23.4 Å². The minimum atomic E-state index is -1.07. The minimum absolute atomic E-state index is 0.0884. The van der Waals surface area contributed by atoms with E-state index >= 15 is 0 Å². The summed E-state index contributed by atoms with van der Waals surface area (Å²) in [7, 11) is 3.40. The second kappa shape index (κ2) is 7.65. The smallest absolute Gasteiger partial charge is 0.272 e. The lowest BCUT2D eigenvalue weighted by Gasteiger charge is -2.31. The number of fused-ring (bicyclic) bond motifs is 2. The number of rotatable bonds is 6. The van der Waals surface area contributed by atoms with E-state index in [9.17, 15) is 18.7 Å². The van der Waals surface area contributed by atoms with Gasteiger partial charge in [-0.25, -0.2) is 8.78 Å². The van der Waals surface area contributed by atoms with Gasteiger partial charge in [-0.3, -0.25) is 14.8 Å². The first-order chi connectivity index (χ1) is 15.3. The number of benzene rings is 1. The Hall–Kier alpha value is -2.82. The van der Waals surface area contributed by atoms with Gasteiger partial charge in [-0.05, 0) is 31.0 Å². The van der Waals surface area contributed by atoms with Crippen molar-refractivity contribution in [2.75, 3.05) is 27.3 Å². The van der Waals surface area contributed by atoms with Crippen LogP contribution in [0, 0.1) is 11.6 Å². The largest absolute Gasteiger partial charge is 0.382 e. The zero-order valence-corrected chi connectivity index (χ0v) is 17.9. The maximum absolute atomic E-state index is 14.1. The summed E-state index contributed by atoms with van der Waals surface area (Å²) in [6.07, 6.45) is 1.26. The molecule has 0 bridgehead atoms. The van der Waals surface area contributed by atoms with Crippen LogP contribution in [0.3, 0.4) is 0 Å². The number of halogens is 2. The van der Waals surface area contributed by atoms with Crippen molar-refractivity contribution in [3.8, 4) is 0 Å². The van der Waals surface area contributed by atoms with Crippen LogP contribution in [0.25, 0.3) is 10.9 Å². The summed E-state index contributed by atoms with van der Waals surface area (Å²) in [6.45, 7) is 1.28. The molecule has 1 aromatic carbocycles. The van der Waals surface area contributed by atoms with Gasteiger partial charge < -0.3 is 19.7 Å². The number of aliphatic hydroxyl groups is 1. The van der Waals surface area contributed by atoms with Crippen molar-refractivity contribution in [3.05, 3.63) is 52.5 Å². The Morgan fingerprint density at radius 1 is 1.41 bits per heavy atom. The van der Waals surface area contributed by atoms with Crippen molar-refractivity contribution >= 4 is 16.8 Å². The molecule has 1 amide bonds. The van der Waals surface area contributed by atoms with Gasteiger partial charge in [0.05, 0.1) is 23.5 Å². The van der Waals surface area contributed by atoms with Crippen molar-refractivity contribution in [3.63, 3.8) is 0 Å². The number of aromatic amines is 2. The molecule has 10 heteroatoms. The average molecular weight is 445 g/mol. The number of nitrogens with zero attached hydrogens (tertiary/aromatic N) is 3. The Balaban J connectivity index is 1.38. The third-order valence-corrected chi connectivity index (χ3v) is 6.76. The maximum Gasteiger partial charge on any atom is 0.272 e. The number of likely N-dealkylation sites (N-methyl/N-ethyl adjacent to an activating group) is 1. The number of ether oxygens (including phenoxy) is 1. The molecule has 3 aromatic rings. The molecule has 170 valence electrons. The van der Waals surface area contributed by atoms with Crippen LogP contribution < -0.4 is 0 Å². The second-order valence-corrected chi connectivity index (χ2v) is 8.69. The number of aliphatic hydroxyl groups excluding tert-OH is 1. The molecule has 32 heavy (non-hydrogen) atoms. The minimum Gasteiger partial charge on any atom is -0.382 e. The van der Waals surface area contributed by atoms with Crippen LogP contribution >= 0.6 is 0 Å². The lowest BCUT2D eigenvalue weighted by Crippen LogP contribution is -2.43. The molecule has 2 aromatic heterocycles. The normalized spacial score (nSPS) is 18.5. The Labute approximate surface area is 183 Å². The van der Waals surface area contributed by atoms with Crippen LogP contribution in [0.4, 0.5) is 8.78 Å². The van der Waals surface area contributed by atoms with Gasteiger partial charge in [-0.15, -0.1) is 0 Å².